The van der Waals surface area contributed by atoms with E-state index in [0.717, 1.165) is 39.3 Å². The second-order valence-corrected chi connectivity index (χ2v) is 6.14. The highest BCUT2D eigenvalue weighted by molar-refractivity contribution is 5.82. The summed E-state index contributed by atoms with van der Waals surface area (Å²) in [5, 5.41) is 0. The maximum Gasteiger partial charge on any atom is 0.231 e. The van der Waals surface area contributed by atoms with Crippen molar-refractivity contribution >= 4 is 11.1 Å². The molecule has 0 N–H and O–H groups in total. The highest BCUT2D eigenvalue weighted by atomic mass is 16.7. The Morgan fingerprint density at radius 1 is 0.800 bits per heavy atom. The summed E-state index contributed by atoms with van der Waals surface area (Å²) < 4.78 is 16.8. The molecule has 0 saturated heterocycles. The van der Waals surface area contributed by atoms with Gasteiger partial charge in [0, 0.05) is 5.56 Å². The average molecular weight is 329 g/mol. The van der Waals surface area contributed by atoms with Crippen LogP contribution in [-0.2, 0) is 0 Å². The first-order chi connectivity index (χ1) is 12.3. The van der Waals surface area contributed by atoms with Crippen LogP contribution in [0.15, 0.2) is 65.1 Å². The largest absolute Gasteiger partial charge is 0.454 e. The third-order valence-corrected chi connectivity index (χ3v) is 4.36. The van der Waals surface area contributed by atoms with Crippen LogP contribution < -0.4 is 9.47 Å². The molecule has 0 fully saturated rings. The number of hydrogen-bond acceptors (Lipinski definition) is 4. The fourth-order valence-electron chi connectivity index (χ4n) is 3.08. The second-order valence-electron chi connectivity index (χ2n) is 6.14. The van der Waals surface area contributed by atoms with Gasteiger partial charge in [0.1, 0.15) is 5.52 Å². The number of benzene rings is 3. The molecule has 0 atom stereocenters. The zero-order chi connectivity index (χ0) is 16.8. The Morgan fingerprint density at radius 2 is 1.64 bits per heavy atom. The van der Waals surface area contributed by atoms with Gasteiger partial charge in [-0.15, -0.1) is 0 Å². The van der Waals surface area contributed by atoms with Crippen LogP contribution in [0, 0.1) is 6.92 Å². The summed E-state index contributed by atoms with van der Waals surface area (Å²) in [6.07, 6.45) is 0. The topological polar surface area (TPSA) is 44.5 Å². The third kappa shape index (κ3) is 2.43. The molecule has 1 aliphatic heterocycles. The normalized spacial score (nSPS) is 12.7. The van der Waals surface area contributed by atoms with Crippen molar-refractivity contribution in [1.82, 2.24) is 4.98 Å². The summed E-state index contributed by atoms with van der Waals surface area (Å²) in [7, 11) is 0. The van der Waals surface area contributed by atoms with E-state index in [-0.39, 0.29) is 6.79 Å². The van der Waals surface area contributed by atoms with Crippen LogP contribution in [-0.4, -0.2) is 11.8 Å². The van der Waals surface area contributed by atoms with Gasteiger partial charge in [0.05, 0.1) is 0 Å². The summed E-state index contributed by atoms with van der Waals surface area (Å²) >= 11 is 0. The molecule has 5 rings (SSSR count). The Balaban J connectivity index is 1.58. The van der Waals surface area contributed by atoms with Crippen molar-refractivity contribution in [2.75, 3.05) is 6.79 Å². The van der Waals surface area contributed by atoms with E-state index in [1.807, 2.05) is 48.5 Å². The zero-order valence-electron chi connectivity index (χ0n) is 13.7. The summed E-state index contributed by atoms with van der Waals surface area (Å²) in [6.45, 7) is 2.34. The molecule has 25 heavy (non-hydrogen) atoms. The van der Waals surface area contributed by atoms with Gasteiger partial charge in [0.15, 0.2) is 17.1 Å². The van der Waals surface area contributed by atoms with Crippen LogP contribution >= 0.6 is 0 Å². The van der Waals surface area contributed by atoms with Crippen molar-refractivity contribution in [1.29, 1.82) is 0 Å². The van der Waals surface area contributed by atoms with Crippen molar-refractivity contribution in [3.63, 3.8) is 0 Å². The lowest BCUT2D eigenvalue weighted by Gasteiger charge is -2.03. The molecule has 122 valence electrons. The number of hydrogen-bond donors (Lipinski definition) is 0. The number of rotatable bonds is 2. The van der Waals surface area contributed by atoms with Crippen LogP contribution in [0.2, 0.25) is 0 Å². The first-order valence-electron chi connectivity index (χ1n) is 8.14. The molecule has 4 heteroatoms. The van der Waals surface area contributed by atoms with E-state index in [4.69, 9.17) is 13.9 Å². The Hall–Kier alpha value is -3.27. The first-order valence-corrected chi connectivity index (χ1v) is 8.14. The van der Waals surface area contributed by atoms with E-state index in [2.05, 4.69) is 24.0 Å². The van der Waals surface area contributed by atoms with Gasteiger partial charge in [0.25, 0.3) is 0 Å². The molecule has 2 heterocycles. The fraction of sp³-hybridized carbons (Fsp3) is 0.0952. The summed E-state index contributed by atoms with van der Waals surface area (Å²) in [6, 6.07) is 20.1. The number of nitrogens with zero attached hydrogens (tertiary/aromatic N) is 1. The van der Waals surface area contributed by atoms with Crippen LogP contribution in [0.3, 0.4) is 0 Å². The zero-order valence-corrected chi connectivity index (χ0v) is 13.7. The molecule has 0 unspecified atom stereocenters. The monoisotopic (exact) mass is 329 g/mol. The summed E-state index contributed by atoms with van der Waals surface area (Å²) in [5.74, 6) is 2.20. The molecule has 4 nitrogen and oxygen atoms in total. The van der Waals surface area contributed by atoms with E-state index in [0.29, 0.717) is 5.89 Å². The molecule has 0 bridgehead atoms. The molecule has 3 aromatic carbocycles. The Labute approximate surface area is 144 Å². The predicted octanol–water partition coefficient (Wildman–Crippen LogP) is 5.20. The Kier molecular flexibility index (Phi) is 3.04. The molecule has 0 spiro atoms. The average Bonchev–Trinajstić information content (AvgIpc) is 3.27. The van der Waals surface area contributed by atoms with Gasteiger partial charge in [-0.1, -0.05) is 29.8 Å². The van der Waals surface area contributed by atoms with E-state index in [9.17, 15) is 0 Å². The minimum Gasteiger partial charge on any atom is -0.454 e. The molecular formula is C21H15NO3. The minimum atomic E-state index is 0.278. The van der Waals surface area contributed by atoms with Gasteiger partial charge < -0.3 is 13.9 Å². The van der Waals surface area contributed by atoms with Gasteiger partial charge in [-0.25, -0.2) is 4.98 Å². The second kappa shape index (κ2) is 5.38. The maximum absolute atomic E-state index is 6.00. The van der Waals surface area contributed by atoms with Crippen LogP contribution in [0.4, 0.5) is 0 Å². The number of oxazole rings is 1. The van der Waals surface area contributed by atoms with Crippen LogP contribution in [0.1, 0.15) is 5.56 Å². The molecule has 0 amide bonds. The van der Waals surface area contributed by atoms with Gasteiger partial charge in [-0.05, 0) is 54.4 Å². The Bertz CT molecular complexity index is 1100. The van der Waals surface area contributed by atoms with Crippen molar-refractivity contribution < 1.29 is 13.9 Å². The Morgan fingerprint density at radius 3 is 2.56 bits per heavy atom. The minimum absolute atomic E-state index is 0.278. The molecular weight excluding hydrogens is 314 g/mol. The molecule has 1 aromatic heterocycles. The summed E-state index contributed by atoms with van der Waals surface area (Å²) in [5.41, 5.74) is 5.90. The number of aromatic nitrogens is 1. The molecule has 0 aliphatic carbocycles. The number of aryl methyl sites for hydroxylation is 1. The standard InChI is InChI=1S/C21H15NO3/c1-13-3-2-4-16(9-13)21-22-17-7-5-14(10-19(17)25-21)15-6-8-18-20(11-15)24-12-23-18/h2-11H,12H2,1H3. The van der Waals surface area contributed by atoms with Crippen molar-refractivity contribution in [3.8, 4) is 34.1 Å². The maximum atomic E-state index is 6.00. The van der Waals surface area contributed by atoms with E-state index < -0.39 is 0 Å². The summed E-state index contributed by atoms with van der Waals surface area (Å²) in [4.78, 5) is 4.61. The molecule has 4 aromatic rings. The van der Waals surface area contributed by atoms with E-state index in [1.54, 1.807) is 0 Å². The van der Waals surface area contributed by atoms with Gasteiger partial charge in [-0.2, -0.15) is 0 Å². The highest BCUT2D eigenvalue weighted by Crippen LogP contribution is 2.37. The van der Waals surface area contributed by atoms with E-state index >= 15 is 0 Å². The van der Waals surface area contributed by atoms with Gasteiger partial charge >= 0.3 is 0 Å². The van der Waals surface area contributed by atoms with Gasteiger partial charge in [0.2, 0.25) is 12.7 Å². The lowest BCUT2D eigenvalue weighted by Crippen LogP contribution is -1.92. The fourth-order valence-corrected chi connectivity index (χ4v) is 3.08. The number of ether oxygens (including phenoxy) is 2. The van der Waals surface area contributed by atoms with Gasteiger partial charge in [-0.3, -0.25) is 0 Å². The first kappa shape index (κ1) is 14.1. The smallest absolute Gasteiger partial charge is 0.231 e. The molecule has 0 saturated carbocycles. The molecule has 1 aliphatic rings. The highest BCUT2D eigenvalue weighted by Gasteiger charge is 2.15. The van der Waals surface area contributed by atoms with Crippen LogP contribution in [0.25, 0.3) is 33.7 Å². The van der Waals surface area contributed by atoms with Crippen molar-refractivity contribution in [3.05, 3.63) is 66.2 Å². The van der Waals surface area contributed by atoms with Crippen LogP contribution in [0.5, 0.6) is 11.5 Å². The SMILES string of the molecule is Cc1cccc(-c2nc3ccc(-c4ccc5c(c4)OCO5)cc3o2)c1. The molecule has 0 radical (unpaired) electrons. The third-order valence-electron chi connectivity index (χ3n) is 4.36. The van der Waals surface area contributed by atoms with Crippen molar-refractivity contribution in [2.24, 2.45) is 0 Å². The van der Waals surface area contributed by atoms with E-state index in [1.165, 1.54) is 5.56 Å². The predicted molar refractivity (Wildman–Crippen MR) is 95.7 cm³/mol. The lowest BCUT2D eigenvalue weighted by molar-refractivity contribution is 0.174. The number of fused-ring (bicyclic) bond motifs is 2. The quantitative estimate of drug-likeness (QED) is 0.507. The lowest BCUT2D eigenvalue weighted by atomic mass is 10.0. The van der Waals surface area contributed by atoms with Crippen molar-refractivity contribution in [2.45, 2.75) is 6.92 Å².